The normalized spacial score (nSPS) is 17.6. The van der Waals surface area contributed by atoms with Crippen LogP contribution in [0.5, 0.6) is 0 Å². The largest absolute Gasteiger partial charge is 0.331 e. The Labute approximate surface area is 125 Å². The number of hydrogen-bond acceptors (Lipinski definition) is 3. The maximum absolute atomic E-state index is 14.0. The molecule has 0 saturated carbocycles. The van der Waals surface area contributed by atoms with Gasteiger partial charge in [0, 0.05) is 29.1 Å². The molecular weight excluding hydrogens is 283 g/mol. The van der Waals surface area contributed by atoms with Crippen molar-refractivity contribution in [3.8, 4) is 11.3 Å². The van der Waals surface area contributed by atoms with Gasteiger partial charge < -0.3 is 10.7 Å². The Morgan fingerprint density at radius 3 is 3.00 bits per heavy atom. The molecule has 0 aliphatic heterocycles. The molecule has 112 valence electrons. The molecule has 0 fully saturated rings. The maximum Gasteiger partial charge on any atom is 0.331 e. The van der Waals surface area contributed by atoms with Crippen molar-refractivity contribution in [2.75, 3.05) is 0 Å². The Kier molecular flexibility index (Phi) is 2.87. The first-order valence-electron chi connectivity index (χ1n) is 7.27. The van der Waals surface area contributed by atoms with Gasteiger partial charge in [-0.3, -0.25) is 4.40 Å². The van der Waals surface area contributed by atoms with Crippen LogP contribution in [0.25, 0.3) is 16.9 Å². The number of H-pyrrole nitrogens is 1. The molecule has 0 bridgehead atoms. The fraction of sp³-hybridized carbons (Fsp3) is 0.250. The molecule has 1 unspecified atom stereocenters. The molecule has 1 atom stereocenters. The number of aromatic nitrogens is 3. The number of nitrogens with zero attached hydrogens (tertiary/aromatic N) is 2. The molecule has 22 heavy (non-hydrogen) atoms. The summed E-state index contributed by atoms with van der Waals surface area (Å²) in [4.78, 5) is 19.6. The Morgan fingerprint density at radius 2 is 2.18 bits per heavy atom. The average molecular weight is 298 g/mol. The van der Waals surface area contributed by atoms with Crippen LogP contribution in [-0.4, -0.2) is 20.4 Å². The van der Waals surface area contributed by atoms with E-state index in [4.69, 9.17) is 5.73 Å². The lowest BCUT2D eigenvalue weighted by molar-refractivity contribution is 0.563. The van der Waals surface area contributed by atoms with Crippen LogP contribution in [0, 0.1) is 5.82 Å². The number of benzene rings is 1. The molecule has 6 heteroatoms. The third-order valence-electron chi connectivity index (χ3n) is 4.20. The molecule has 5 nitrogen and oxygen atoms in total. The number of rotatable bonds is 1. The van der Waals surface area contributed by atoms with Crippen LogP contribution in [-0.2, 0) is 12.8 Å². The lowest BCUT2D eigenvalue weighted by Crippen LogP contribution is -2.31. The van der Waals surface area contributed by atoms with Crippen molar-refractivity contribution in [2.45, 2.75) is 25.3 Å². The van der Waals surface area contributed by atoms with Crippen molar-refractivity contribution >= 4 is 5.65 Å². The topological polar surface area (TPSA) is 76.2 Å². The molecule has 1 aliphatic rings. The molecule has 1 aliphatic carbocycles. The summed E-state index contributed by atoms with van der Waals surface area (Å²) in [5, 5.41) is 0. The minimum atomic E-state index is -0.354. The monoisotopic (exact) mass is 298 g/mol. The minimum absolute atomic E-state index is 0.0656. The summed E-state index contributed by atoms with van der Waals surface area (Å²) >= 11 is 0. The van der Waals surface area contributed by atoms with E-state index in [9.17, 15) is 9.18 Å². The van der Waals surface area contributed by atoms with Gasteiger partial charge in [0.25, 0.3) is 0 Å². The van der Waals surface area contributed by atoms with E-state index >= 15 is 0 Å². The SMILES string of the molecule is NC1CCc2[nH]c(=O)n3cc(-c4ccccc4F)nc3c2C1. The highest BCUT2D eigenvalue weighted by Crippen LogP contribution is 2.26. The van der Waals surface area contributed by atoms with Gasteiger partial charge in [0.1, 0.15) is 11.5 Å². The predicted molar refractivity (Wildman–Crippen MR) is 81.2 cm³/mol. The molecule has 2 aromatic heterocycles. The number of imidazole rings is 1. The molecule has 1 aromatic carbocycles. The number of fused-ring (bicyclic) bond motifs is 3. The minimum Gasteiger partial charge on any atom is -0.327 e. The number of nitrogens with one attached hydrogen (secondary N) is 1. The summed E-state index contributed by atoms with van der Waals surface area (Å²) < 4.78 is 15.4. The zero-order chi connectivity index (χ0) is 15.3. The van der Waals surface area contributed by atoms with E-state index in [1.165, 1.54) is 10.5 Å². The fourth-order valence-electron chi connectivity index (χ4n) is 3.07. The zero-order valence-corrected chi connectivity index (χ0v) is 11.8. The first-order valence-corrected chi connectivity index (χ1v) is 7.27. The van der Waals surface area contributed by atoms with E-state index in [-0.39, 0.29) is 17.5 Å². The number of halogens is 1. The lowest BCUT2D eigenvalue weighted by atomic mass is 9.93. The quantitative estimate of drug-likeness (QED) is 0.717. The van der Waals surface area contributed by atoms with E-state index in [1.54, 1.807) is 24.4 Å². The highest BCUT2D eigenvalue weighted by atomic mass is 19.1. The lowest BCUT2D eigenvalue weighted by Gasteiger charge is -2.20. The van der Waals surface area contributed by atoms with Crippen molar-refractivity contribution in [3.05, 3.63) is 58.0 Å². The highest BCUT2D eigenvalue weighted by molar-refractivity contribution is 5.65. The van der Waals surface area contributed by atoms with E-state index in [0.29, 0.717) is 23.3 Å². The molecule has 0 spiro atoms. The van der Waals surface area contributed by atoms with E-state index < -0.39 is 0 Å². The predicted octanol–water partition coefficient (Wildman–Crippen LogP) is 1.64. The van der Waals surface area contributed by atoms with Crippen molar-refractivity contribution < 1.29 is 4.39 Å². The van der Waals surface area contributed by atoms with E-state index in [2.05, 4.69) is 9.97 Å². The van der Waals surface area contributed by atoms with Crippen LogP contribution in [0.3, 0.4) is 0 Å². The summed E-state index contributed by atoms with van der Waals surface area (Å²) in [6.07, 6.45) is 3.83. The molecule has 3 aromatic rings. The van der Waals surface area contributed by atoms with Crippen molar-refractivity contribution in [2.24, 2.45) is 5.73 Å². The summed E-state index contributed by atoms with van der Waals surface area (Å²) in [5.74, 6) is -0.354. The molecule has 0 amide bonds. The molecule has 3 N–H and O–H groups in total. The summed E-state index contributed by atoms with van der Waals surface area (Å²) in [6.45, 7) is 0. The molecule has 0 saturated heterocycles. The number of hydrogen-bond donors (Lipinski definition) is 2. The molecule has 0 radical (unpaired) electrons. The first kappa shape index (κ1) is 13.2. The Morgan fingerprint density at radius 1 is 1.36 bits per heavy atom. The number of nitrogens with two attached hydrogens (primary N) is 1. The van der Waals surface area contributed by atoms with Gasteiger partial charge in [0.15, 0.2) is 0 Å². The molecular formula is C16H15FN4O. The van der Waals surface area contributed by atoms with Gasteiger partial charge in [-0.25, -0.2) is 14.2 Å². The third-order valence-corrected chi connectivity index (χ3v) is 4.20. The fourth-order valence-corrected chi connectivity index (χ4v) is 3.07. The highest BCUT2D eigenvalue weighted by Gasteiger charge is 2.22. The van der Waals surface area contributed by atoms with Gasteiger partial charge in [-0.15, -0.1) is 0 Å². The van der Waals surface area contributed by atoms with Crippen molar-refractivity contribution in [3.63, 3.8) is 0 Å². The van der Waals surface area contributed by atoms with Gasteiger partial charge in [-0.2, -0.15) is 0 Å². The number of aromatic amines is 1. The van der Waals surface area contributed by atoms with Crippen LogP contribution in [0.4, 0.5) is 4.39 Å². The van der Waals surface area contributed by atoms with Crippen LogP contribution in [0.1, 0.15) is 17.7 Å². The maximum atomic E-state index is 14.0. The van der Waals surface area contributed by atoms with Crippen molar-refractivity contribution in [1.82, 2.24) is 14.4 Å². The average Bonchev–Trinajstić information content (AvgIpc) is 2.94. The van der Waals surface area contributed by atoms with Gasteiger partial charge in [-0.1, -0.05) is 12.1 Å². The molecule has 2 heterocycles. The Bertz CT molecular complexity index is 928. The van der Waals surface area contributed by atoms with Gasteiger partial charge >= 0.3 is 5.69 Å². The standard InChI is InChI=1S/C16H15FN4O/c17-12-4-2-1-3-10(12)14-8-21-15(19-14)11-7-9(18)5-6-13(11)20-16(21)22/h1-4,8-9H,5-7,18H2,(H,20,22). The Balaban J connectivity index is 1.98. The Hall–Kier alpha value is -2.47. The van der Waals surface area contributed by atoms with Crippen LogP contribution in [0.2, 0.25) is 0 Å². The van der Waals surface area contributed by atoms with E-state index in [0.717, 1.165) is 24.1 Å². The molecule has 4 rings (SSSR count). The van der Waals surface area contributed by atoms with Crippen LogP contribution >= 0.6 is 0 Å². The number of aryl methyl sites for hydroxylation is 1. The van der Waals surface area contributed by atoms with Gasteiger partial charge in [-0.05, 0) is 31.4 Å². The second kappa shape index (κ2) is 4.78. The summed E-state index contributed by atoms with van der Waals surface area (Å²) in [6, 6.07) is 6.48. The smallest absolute Gasteiger partial charge is 0.327 e. The second-order valence-corrected chi connectivity index (χ2v) is 5.69. The zero-order valence-electron chi connectivity index (χ0n) is 11.8. The summed E-state index contributed by atoms with van der Waals surface area (Å²) in [5.41, 5.74) is 9.05. The van der Waals surface area contributed by atoms with Crippen LogP contribution < -0.4 is 11.4 Å². The van der Waals surface area contributed by atoms with Crippen molar-refractivity contribution in [1.29, 1.82) is 0 Å². The van der Waals surface area contributed by atoms with Gasteiger partial charge in [0.2, 0.25) is 0 Å². The van der Waals surface area contributed by atoms with E-state index in [1.807, 2.05) is 0 Å². The summed E-state index contributed by atoms with van der Waals surface area (Å²) in [7, 11) is 0. The van der Waals surface area contributed by atoms with Gasteiger partial charge in [0.05, 0.1) is 5.69 Å². The first-order chi connectivity index (χ1) is 10.6. The van der Waals surface area contributed by atoms with Crippen LogP contribution in [0.15, 0.2) is 35.3 Å². The third kappa shape index (κ3) is 1.95. The second-order valence-electron chi connectivity index (χ2n) is 5.69.